The Morgan fingerprint density at radius 3 is 2.74 bits per heavy atom. The summed E-state index contributed by atoms with van der Waals surface area (Å²) in [5.41, 5.74) is 0.265. The van der Waals surface area contributed by atoms with Crippen molar-refractivity contribution in [3.63, 3.8) is 0 Å². The summed E-state index contributed by atoms with van der Waals surface area (Å²) in [6.45, 7) is 4.76. The topological polar surface area (TPSA) is 80.6 Å². The smallest absolute Gasteiger partial charge is 0.349 e. The summed E-state index contributed by atoms with van der Waals surface area (Å²) in [6, 6.07) is 1.84. The fraction of sp³-hybridized carbons (Fsp3) is 0.700. The van der Waals surface area contributed by atoms with Crippen molar-refractivity contribution in [2.45, 2.75) is 63.9 Å². The molecule has 2 fully saturated rings. The van der Waals surface area contributed by atoms with Gasteiger partial charge in [0, 0.05) is 25.6 Å². The lowest BCUT2D eigenvalue weighted by molar-refractivity contribution is 0.0565. The van der Waals surface area contributed by atoms with Crippen LogP contribution in [0.25, 0.3) is 0 Å². The quantitative estimate of drug-likeness (QED) is 0.690. The van der Waals surface area contributed by atoms with E-state index in [0.717, 1.165) is 45.2 Å². The van der Waals surface area contributed by atoms with Crippen molar-refractivity contribution in [1.82, 2.24) is 10.6 Å². The number of rotatable bonds is 7. The molecule has 0 spiro atoms. The van der Waals surface area contributed by atoms with Crippen LogP contribution in [0.1, 0.15) is 72.5 Å². The van der Waals surface area contributed by atoms with Crippen LogP contribution < -0.4 is 16.3 Å². The van der Waals surface area contributed by atoms with E-state index in [1.54, 1.807) is 6.92 Å². The number of nitrogens with one attached hydrogen (secondary N) is 2. The standard InChI is InChI=1S/C20H30N2O4.ClH/c1-14-12-17(15-6-4-9-21-13-15)26-20(24)18(14)19(23)22-10-5-11-25-16-7-2-3-8-16;/h12,15-16,21H,2-11,13H2,1H3,(H,22,23);1H. The lowest BCUT2D eigenvalue weighted by atomic mass is 9.95. The van der Waals surface area contributed by atoms with Crippen molar-refractivity contribution in [3.8, 4) is 0 Å². The molecule has 0 bridgehead atoms. The van der Waals surface area contributed by atoms with E-state index < -0.39 is 5.63 Å². The largest absolute Gasteiger partial charge is 0.427 e. The number of hydrogen-bond acceptors (Lipinski definition) is 5. The van der Waals surface area contributed by atoms with Crippen LogP contribution in [0.3, 0.4) is 0 Å². The highest BCUT2D eigenvalue weighted by Crippen LogP contribution is 2.23. The number of aryl methyl sites for hydroxylation is 1. The number of carbonyl (C=O) groups excluding carboxylic acids is 1. The zero-order valence-electron chi connectivity index (χ0n) is 16.1. The molecule has 1 aromatic rings. The molecule has 0 aromatic carbocycles. The van der Waals surface area contributed by atoms with Gasteiger partial charge in [0.1, 0.15) is 11.3 Å². The molecule has 7 heteroatoms. The van der Waals surface area contributed by atoms with E-state index in [9.17, 15) is 9.59 Å². The minimum Gasteiger partial charge on any atom is -0.427 e. The van der Waals surface area contributed by atoms with Crippen LogP contribution in [0.2, 0.25) is 0 Å². The van der Waals surface area contributed by atoms with E-state index in [1.165, 1.54) is 12.8 Å². The molecular formula is C20H31ClN2O4. The van der Waals surface area contributed by atoms with E-state index in [4.69, 9.17) is 9.15 Å². The minimum absolute atomic E-state index is 0. The third-order valence-corrected chi connectivity index (χ3v) is 5.36. The van der Waals surface area contributed by atoms with Crippen molar-refractivity contribution in [3.05, 3.63) is 33.4 Å². The van der Waals surface area contributed by atoms with E-state index in [-0.39, 0.29) is 29.8 Å². The van der Waals surface area contributed by atoms with Gasteiger partial charge in [-0.1, -0.05) is 12.8 Å². The van der Waals surface area contributed by atoms with Crippen LogP contribution >= 0.6 is 12.4 Å². The van der Waals surface area contributed by atoms with Gasteiger partial charge in [-0.3, -0.25) is 4.79 Å². The molecule has 27 heavy (non-hydrogen) atoms. The number of amides is 1. The van der Waals surface area contributed by atoms with Gasteiger partial charge in [0.2, 0.25) is 0 Å². The van der Waals surface area contributed by atoms with E-state index in [2.05, 4.69) is 10.6 Å². The van der Waals surface area contributed by atoms with Crippen LogP contribution in [0.4, 0.5) is 0 Å². The summed E-state index contributed by atoms with van der Waals surface area (Å²) in [5.74, 6) is 0.534. The molecule has 2 aliphatic rings. The van der Waals surface area contributed by atoms with E-state index in [1.807, 2.05) is 6.07 Å². The second-order valence-corrected chi connectivity index (χ2v) is 7.42. The first-order valence-corrected chi connectivity index (χ1v) is 9.90. The van der Waals surface area contributed by atoms with Crippen LogP contribution in [0.5, 0.6) is 0 Å². The highest BCUT2D eigenvalue weighted by Gasteiger charge is 2.22. The number of ether oxygens (including phenoxy) is 1. The molecule has 2 heterocycles. The summed E-state index contributed by atoms with van der Waals surface area (Å²) in [4.78, 5) is 24.7. The average Bonchev–Trinajstić information content (AvgIpc) is 3.15. The highest BCUT2D eigenvalue weighted by molar-refractivity contribution is 5.95. The summed E-state index contributed by atoms with van der Waals surface area (Å²) < 4.78 is 11.2. The van der Waals surface area contributed by atoms with Crippen molar-refractivity contribution in [2.75, 3.05) is 26.2 Å². The van der Waals surface area contributed by atoms with Gasteiger partial charge in [-0.05, 0) is 57.2 Å². The maximum Gasteiger partial charge on any atom is 0.349 e. The SMILES string of the molecule is Cc1cc(C2CCCNC2)oc(=O)c1C(=O)NCCCOC1CCCC1.Cl. The Hall–Kier alpha value is -1.37. The van der Waals surface area contributed by atoms with Gasteiger partial charge in [-0.2, -0.15) is 0 Å². The molecule has 1 amide bonds. The summed E-state index contributed by atoms with van der Waals surface area (Å²) in [6.07, 6.45) is 8.01. The maximum absolute atomic E-state index is 12.4. The van der Waals surface area contributed by atoms with E-state index >= 15 is 0 Å². The first-order chi connectivity index (χ1) is 12.6. The third kappa shape index (κ3) is 6.06. The summed E-state index contributed by atoms with van der Waals surface area (Å²) in [5, 5.41) is 6.13. The predicted octanol–water partition coefficient (Wildman–Crippen LogP) is 2.92. The van der Waals surface area contributed by atoms with Gasteiger partial charge in [-0.15, -0.1) is 12.4 Å². The fourth-order valence-electron chi connectivity index (χ4n) is 3.87. The minimum atomic E-state index is -0.537. The molecular weight excluding hydrogens is 368 g/mol. The van der Waals surface area contributed by atoms with Crippen molar-refractivity contribution in [2.24, 2.45) is 0 Å². The van der Waals surface area contributed by atoms with Crippen LogP contribution in [0, 0.1) is 6.92 Å². The summed E-state index contributed by atoms with van der Waals surface area (Å²) >= 11 is 0. The van der Waals surface area contributed by atoms with Crippen molar-refractivity contribution >= 4 is 18.3 Å². The Kier molecular flexibility index (Phi) is 8.80. The molecule has 2 N–H and O–H groups in total. The van der Waals surface area contributed by atoms with Gasteiger partial charge >= 0.3 is 5.63 Å². The Morgan fingerprint density at radius 1 is 1.30 bits per heavy atom. The molecule has 0 radical (unpaired) electrons. The molecule has 1 unspecified atom stereocenters. The third-order valence-electron chi connectivity index (χ3n) is 5.36. The lowest BCUT2D eigenvalue weighted by Gasteiger charge is -2.22. The predicted molar refractivity (Wildman–Crippen MR) is 107 cm³/mol. The Balaban J connectivity index is 0.00000261. The second kappa shape index (κ2) is 10.8. The first-order valence-electron chi connectivity index (χ1n) is 9.90. The zero-order chi connectivity index (χ0) is 18.4. The molecule has 1 aliphatic heterocycles. The highest BCUT2D eigenvalue weighted by atomic mass is 35.5. The molecule has 152 valence electrons. The summed E-state index contributed by atoms with van der Waals surface area (Å²) in [7, 11) is 0. The first kappa shape index (κ1) is 21.9. The normalized spacial score (nSPS) is 20.3. The fourth-order valence-corrected chi connectivity index (χ4v) is 3.87. The Labute approximate surface area is 166 Å². The van der Waals surface area contributed by atoms with Gasteiger partial charge in [-0.25, -0.2) is 4.79 Å². The molecule has 1 aliphatic carbocycles. The molecule has 1 saturated carbocycles. The van der Waals surface area contributed by atoms with Crippen LogP contribution in [0.15, 0.2) is 15.3 Å². The van der Waals surface area contributed by atoms with Crippen LogP contribution in [-0.2, 0) is 4.74 Å². The zero-order valence-corrected chi connectivity index (χ0v) is 16.9. The number of hydrogen-bond donors (Lipinski definition) is 2. The monoisotopic (exact) mass is 398 g/mol. The molecule has 1 aromatic heterocycles. The second-order valence-electron chi connectivity index (χ2n) is 7.42. The Morgan fingerprint density at radius 2 is 2.07 bits per heavy atom. The van der Waals surface area contributed by atoms with Gasteiger partial charge in [0.25, 0.3) is 5.91 Å². The van der Waals surface area contributed by atoms with Gasteiger partial charge < -0.3 is 19.8 Å². The number of carbonyl (C=O) groups is 1. The van der Waals surface area contributed by atoms with Crippen molar-refractivity contribution in [1.29, 1.82) is 0 Å². The van der Waals surface area contributed by atoms with E-state index in [0.29, 0.717) is 30.6 Å². The number of piperidine rings is 1. The maximum atomic E-state index is 12.4. The molecule has 6 nitrogen and oxygen atoms in total. The van der Waals surface area contributed by atoms with Gasteiger partial charge in [0.15, 0.2) is 0 Å². The molecule has 3 rings (SSSR count). The molecule has 1 saturated heterocycles. The van der Waals surface area contributed by atoms with Gasteiger partial charge in [0.05, 0.1) is 6.10 Å². The molecule has 1 atom stereocenters. The van der Waals surface area contributed by atoms with Crippen LogP contribution in [-0.4, -0.2) is 38.3 Å². The Bertz CT molecular complexity index is 664. The average molecular weight is 399 g/mol. The number of halogens is 1. The lowest BCUT2D eigenvalue weighted by Crippen LogP contribution is -2.32. The van der Waals surface area contributed by atoms with Crippen molar-refractivity contribution < 1.29 is 13.9 Å².